The predicted molar refractivity (Wildman–Crippen MR) is 88.6 cm³/mol. The van der Waals surface area contributed by atoms with Gasteiger partial charge in [-0.3, -0.25) is 9.78 Å². The van der Waals surface area contributed by atoms with Gasteiger partial charge in [0.1, 0.15) is 11.3 Å². The topological polar surface area (TPSA) is 78.8 Å². The molecular weight excluding hydrogens is 308 g/mol. The normalized spacial score (nSPS) is 29.9. The second-order valence-corrected chi connectivity index (χ2v) is 7.40. The van der Waals surface area contributed by atoms with Crippen LogP contribution in [-0.2, 0) is 4.74 Å². The average Bonchev–Trinajstić information content (AvgIpc) is 2.58. The van der Waals surface area contributed by atoms with E-state index in [0.29, 0.717) is 25.4 Å². The molecule has 0 aromatic carbocycles. The second kappa shape index (κ2) is 6.38. The van der Waals surface area contributed by atoms with Gasteiger partial charge in [0.25, 0.3) is 5.91 Å². The maximum Gasteiger partial charge on any atom is 0.274 e. The monoisotopic (exact) mass is 334 g/mol. The molecule has 0 radical (unpaired) electrons. The smallest absolute Gasteiger partial charge is 0.274 e. The van der Waals surface area contributed by atoms with Crippen molar-refractivity contribution in [3.8, 4) is 0 Å². The molecule has 2 fully saturated rings. The molecule has 2 atom stereocenters. The number of aliphatic hydroxyl groups is 1. The van der Waals surface area contributed by atoms with Crippen molar-refractivity contribution in [1.82, 2.24) is 19.8 Å². The van der Waals surface area contributed by atoms with Crippen LogP contribution in [0.2, 0.25) is 0 Å². The predicted octanol–water partition coefficient (Wildman–Crippen LogP) is 0.553. The molecule has 7 heteroatoms. The zero-order valence-electron chi connectivity index (χ0n) is 14.6. The fourth-order valence-electron chi connectivity index (χ4n) is 3.80. The molecule has 1 spiro atoms. The molecule has 0 unspecified atom stereocenters. The Balaban J connectivity index is 1.65. The summed E-state index contributed by atoms with van der Waals surface area (Å²) in [7, 11) is 3.98. The number of aromatic nitrogens is 2. The largest absolute Gasteiger partial charge is 0.386 e. The SMILES string of the molecule is CN(C)[C@H]1CC2(CCN(C(=O)c3cnccn3)CC2)OC[C@]1(C)O. The van der Waals surface area contributed by atoms with Gasteiger partial charge in [0.05, 0.1) is 18.4 Å². The van der Waals surface area contributed by atoms with Crippen LogP contribution >= 0.6 is 0 Å². The van der Waals surface area contributed by atoms with Gasteiger partial charge in [0.2, 0.25) is 0 Å². The number of amides is 1. The molecule has 3 rings (SSSR count). The number of nitrogens with zero attached hydrogens (tertiary/aromatic N) is 4. The molecule has 2 saturated heterocycles. The maximum atomic E-state index is 12.5. The van der Waals surface area contributed by atoms with E-state index in [1.165, 1.54) is 12.4 Å². The number of rotatable bonds is 2. The minimum absolute atomic E-state index is 0.0495. The molecular formula is C17H26N4O3. The highest BCUT2D eigenvalue weighted by molar-refractivity contribution is 5.92. The van der Waals surface area contributed by atoms with Gasteiger partial charge in [-0.2, -0.15) is 0 Å². The van der Waals surface area contributed by atoms with Gasteiger partial charge < -0.3 is 19.6 Å². The van der Waals surface area contributed by atoms with Crippen LogP contribution in [-0.4, -0.2) is 81.8 Å². The molecule has 0 bridgehead atoms. The van der Waals surface area contributed by atoms with Gasteiger partial charge in [-0.15, -0.1) is 0 Å². The lowest BCUT2D eigenvalue weighted by Gasteiger charge is -2.52. The molecule has 1 aromatic heterocycles. The summed E-state index contributed by atoms with van der Waals surface area (Å²) in [5, 5.41) is 10.6. The average molecular weight is 334 g/mol. The second-order valence-electron chi connectivity index (χ2n) is 7.40. The zero-order valence-corrected chi connectivity index (χ0v) is 14.6. The Morgan fingerprint density at radius 2 is 2.08 bits per heavy atom. The summed E-state index contributed by atoms with van der Waals surface area (Å²) < 4.78 is 6.09. The molecule has 7 nitrogen and oxygen atoms in total. The first-order chi connectivity index (χ1) is 11.3. The molecule has 0 aliphatic carbocycles. The first-order valence-electron chi connectivity index (χ1n) is 8.41. The van der Waals surface area contributed by atoms with Gasteiger partial charge in [-0.05, 0) is 40.3 Å². The van der Waals surface area contributed by atoms with Crippen molar-refractivity contribution < 1.29 is 14.6 Å². The van der Waals surface area contributed by atoms with E-state index in [2.05, 4.69) is 14.9 Å². The van der Waals surface area contributed by atoms with Crippen molar-refractivity contribution in [3.63, 3.8) is 0 Å². The summed E-state index contributed by atoms with van der Waals surface area (Å²) in [6, 6.07) is 0.0495. The number of likely N-dealkylation sites (tertiary alicyclic amines) is 1. The van der Waals surface area contributed by atoms with Gasteiger partial charge in [-0.25, -0.2) is 4.98 Å². The van der Waals surface area contributed by atoms with Crippen LogP contribution in [0.1, 0.15) is 36.7 Å². The van der Waals surface area contributed by atoms with E-state index in [4.69, 9.17) is 4.74 Å². The van der Waals surface area contributed by atoms with E-state index >= 15 is 0 Å². The van der Waals surface area contributed by atoms with E-state index in [-0.39, 0.29) is 17.6 Å². The highest BCUT2D eigenvalue weighted by Crippen LogP contribution is 2.39. The molecule has 1 aromatic rings. The first kappa shape index (κ1) is 17.3. The highest BCUT2D eigenvalue weighted by atomic mass is 16.5. The Hall–Kier alpha value is -1.57. The van der Waals surface area contributed by atoms with Crippen LogP contribution in [0.15, 0.2) is 18.6 Å². The molecule has 132 valence electrons. The van der Waals surface area contributed by atoms with Gasteiger partial charge in [-0.1, -0.05) is 0 Å². The van der Waals surface area contributed by atoms with Gasteiger partial charge in [0, 0.05) is 31.5 Å². The number of piperidine rings is 1. The van der Waals surface area contributed by atoms with E-state index in [1.807, 2.05) is 25.9 Å². The molecule has 1 amide bonds. The highest BCUT2D eigenvalue weighted by Gasteiger charge is 2.49. The Bertz CT molecular complexity index is 583. The van der Waals surface area contributed by atoms with Crippen LogP contribution in [0.5, 0.6) is 0 Å². The third-order valence-electron chi connectivity index (χ3n) is 5.32. The zero-order chi connectivity index (χ0) is 17.4. The van der Waals surface area contributed by atoms with Crippen LogP contribution < -0.4 is 0 Å². The Morgan fingerprint density at radius 3 is 2.67 bits per heavy atom. The summed E-state index contributed by atoms with van der Waals surface area (Å²) in [5.41, 5.74) is -0.718. The van der Waals surface area contributed by atoms with Crippen molar-refractivity contribution in [2.45, 2.75) is 43.4 Å². The van der Waals surface area contributed by atoms with Crippen molar-refractivity contribution in [2.75, 3.05) is 33.8 Å². The standard InChI is InChI=1S/C17H26N4O3/c1-16(23)12-24-17(10-14(16)20(2)3)4-8-21(9-5-17)15(22)13-11-18-6-7-19-13/h6-7,11,14,23H,4-5,8-10,12H2,1-3H3/t14-,16-/m0/s1. The lowest BCUT2D eigenvalue weighted by atomic mass is 9.77. The van der Waals surface area contributed by atoms with Crippen molar-refractivity contribution in [1.29, 1.82) is 0 Å². The van der Waals surface area contributed by atoms with Crippen LogP contribution in [0.3, 0.4) is 0 Å². The minimum atomic E-state index is -0.846. The first-order valence-corrected chi connectivity index (χ1v) is 8.41. The molecule has 2 aliphatic heterocycles. The molecule has 3 heterocycles. The van der Waals surface area contributed by atoms with E-state index < -0.39 is 5.60 Å². The maximum absolute atomic E-state index is 12.5. The number of hydrogen-bond acceptors (Lipinski definition) is 6. The number of likely N-dealkylation sites (N-methyl/N-ethyl adjacent to an activating group) is 1. The Kier molecular flexibility index (Phi) is 4.59. The van der Waals surface area contributed by atoms with Gasteiger partial charge >= 0.3 is 0 Å². The number of hydrogen-bond donors (Lipinski definition) is 1. The quantitative estimate of drug-likeness (QED) is 0.851. The van der Waals surface area contributed by atoms with E-state index in [1.54, 1.807) is 6.20 Å². The number of carbonyl (C=O) groups excluding carboxylic acids is 1. The number of carbonyl (C=O) groups is 1. The fourth-order valence-corrected chi connectivity index (χ4v) is 3.80. The Morgan fingerprint density at radius 1 is 1.38 bits per heavy atom. The Labute approximate surface area is 142 Å². The summed E-state index contributed by atoms with van der Waals surface area (Å²) in [6.07, 6.45) is 6.93. The van der Waals surface area contributed by atoms with Crippen molar-refractivity contribution in [3.05, 3.63) is 24.3 Å². The summed E-state index contributed by atoms with van der Waals surface area (Å²) >= 11 is 0. The van der Waals surface area contributed by atoms with Crippen molar-refractivity contribution >= 4 is 5.91 Å². The lowest BCUT2D eigenvalue weighted by Crippen LogP contribution is -2.63. The lowest BCUT2D eigenvalue weighted by molar-refractivity contribution is -0.205. The van der Waals surface area contributed by atoms with E-state index in [0.717, 1.165) is 19.3 Å². The third-order valence-corrected chi connectivity index (χ3v) is 5.32. The van der Waals surface area contributed by atoms with Gasteiger partial charge in [0.15, 0.2) is 0 Å². The minimum Gasteiger partial charge on any atom is -0.386 e. The molecule has 24 heavy (non-hydrogen) atoms. The third kappa shape index (κ3) is 3.29. The number of ether oxygens (including phenoxy) is 1. The molecule has 2 aliphatic rings. The van der Waals surface area contributed by atoms with Crippen LogP contribution in [0, 0.1) is 0 Å². The fraction of sp³-hybridized carbons (Fsp3) is 0.706. The van der Waals surface area contributed by atoms with E-state index in [9.17, 15) is 9.90 Å². The van der Waals surface area contributed by atoms with Crippen LogP contribution in [0.4, 0.5) is 0 Å². The summed E-state index contributed by atoms with van der Waals surface area (Å²) in [4.78, 5) is 24.4. The molecule has 1 N–H and O–H groups in total. The van der Waals surface area contributed by atoms with Crippen molar-refractivity contribution in [2.24, 2.45) is 0 Å². The summed E-state index contributed by atoms with van der Waals surface area (Å²) in [6.45, 7) is 3.43. The molecule has 0 saturated carbocycles. The van der Waals surface area contributed by atoms with Crippen LogP contribution in [0.25, 0.3) is 0 Å². The summed E-state index contributed by atoms with van der Waals surface area (Å²) in [5.74, 6) is -0.0788.